The first kappa shape index (κ1) is 21.4. The maximum atomic E-state index is 12.5. The number of anilines is 1. The van der Waals surface area contributed by atoms with Crippen LogP contribution in [-0.2, 0) is 4.79 Å². The number of rotatable bonds is 6. The van der Waals surface area contributed by atoms with E-state index in [1.807, 2.05) is 37.3 Å². The molecule has 9 heteroatoms. The van der Waals surface area contributed by atoms with Gasteiger partial charge in [-0.05, 0) is 37.9 Å². The Morgan fingerprint density at radius 3 is 2.69 bits per heavy atom. The predicted octanol–water partition coefficient (Wildman–Crippen LogP) is 2.23. The summed E-state index contributed by atoms with van der Waals surface area (Å²) < 4.78 is 37.6. The molecule has 1 aromatic rings. The van der Waals surface area contributed by atoms with Crippen molar-refractivity contribution in [2.45, 2.75) is 32.0 Å². The first-order chi connectivity index (χ1) is 13.8. The zero-order chi connectivity index (χ0) is 20.9. The minimum Gasteiger partial charge on any atom is -0.357 e. The number of para-hydroxylation sites is 1. The molecule has 0 radical (unpaired) electrons. The molecule has 2 atom stereocenters. The molecule has 0 aliphatic carbocycles. The molecular formula is C20H28F3N5O. The van der Waals surface area contributed by atoms with Crippen molar-refractivity contribution < 1.29 is 18.0 Å². The maximum Gasteiger partial charge on any atom is 0.401 e. The number of guanidine groups is 1. The molecule has 2 unspecified atom stereocenters. The van der Waals surface area contributed by atoms with Crippen LogP contribution in [0.4, 0.5) is 18.9 Å². The molecule has 2 aliphatic heterocycles. The summed E-state index contributed by atoms with van der Waals surface area (Å²) in [6.07, 6.45) is -3.07. The van der Waals surface area contributed by atoms with E-state index >= 15 is 0 Å². The first-order valence-corrected chi connectivity index (χ1v) is 10.0. The number of benzene rings is 1. The lowest BCUT2D eigenvalue weighted by molar-refractivity contribution is -0.143. The summed E-state index contributed by atoms with van der Waals surface area (Å²) >= 11 is 0. The highest BCUT2D eigenvalue weighted by molar-refractivity contribution is 5.97. The van der Waals surface area contributed by atoms with E-state index in [4.69, 9.17) is 0 Å². The van der Waals surface area contributed by atoms with Crippen LogP contribution in [0.2, 0.25) is 0 Å². The molecule has 2 N–H and O–H groups in total. The summed E-state index contributed by atoms with van der Waals surface area (Å²) in [5.74, 6) is 0.774. The van der Waals surface area contributed by atoms with E-state index in [2.05, 4.69) is 15.6 Å². The number of alkyl halides is 3. The summed E-state index contributed by atoms with van der Waals surface area (Å²) in [6, 6.07) is 9.47. The molecule has 0 aromatic heterocycles. The molecule has 2 heterocycles. The fourth-order valence-corrected chi connectivity index (χ4v) is 3.85. The van der Waals surface area contributed by atoms with Gasteiger partial charge in [0.05, 0.1) is 12.6 Å². The Kier molecular flexibility index (Phi) is 7.00. The third kappa shape index (κ3) is 6.35. The lowest BCUT2D eigenvalue weighted by atomic mass is 10.1. The molecule has 1 amide bonds. The molecule has 160 valence electrons. The summed E-state index contributed by atoms with van der Waals surface area (Å²) in [4.78, 5) is 20.1. The minimum atomic E-state index is -4.16. The Hall–Kier alpha value is -2.29. The molecule has 2 saturated heterocycles. The summed E-state index contributed by atoms with van der Waals surface area (Å²) in [5, 5.41) is 6.47. The van der Waals surface area contributed by atoms with Crippen molar-refractivity contribution in [2.75, 3.05) is 44.2 Å². The van der Waals surface area contributed by atoms with Crippen LogP contribution in [0.25, 0.3) is 0 Å². The number of hydrogen-bond donors (Lipinski definition) is 2. The standard InChI is InChI=1S/C20H28F3N5O/c1-2-24-19(25-11-15-8-9-27(12-15)14-20(21,22)23)26-16-10-18(29)28(13-16)17-6-4-3-5-7-17/h3-7,15-16H,2,8-14H2,1H3,(H2,24,25,26). The van der Waals surface area contributed by atoms with Crippen molar-refractivity contribution in [3.63, 3.8) is 0 Å². The number of hydrogen-bond acceptors (Lipinski definition) is 3. The van der Waals surface area contributed by atoms with Crippen LogP contribution < -0.4 is 15.5 Å². The monoisotopic (exact) mass is 411 g/mol. The van der Waals surface area contributed by atoms with Gasteiger partial charge in [0.15, 0.2) is 5.96 Å². The topological polar surface area (TPSA) is 60.0 Å². The molecular weight excluding hydrogens is 383 g/mol. The van der Waals surface area contributed by atoms with Crippen LogP contribution >= 0.6 is 0 Å². The normalized spacial score (nSPS) is 23.7. The van der Waals surface area contributed by atoms with Crippen LogP contribution in [0.1, 0.15) is 19.8 Å². The van der Waals surface area contributed by atoms with Gasteiger partial charge < -0.3 is 15.5 Å². The van der Waals surface area contributed by atoms with Gasteiger partial charge in [-0.1, -0.05) is 18.2 Å². The highest BCUT2D eigenvalue weighted by Gasteiger charge is 2.34. The van der Waals surface area contributed by atoms with Gasteiger partial charge in [-0.2, -0.15) is 13.2 Å². The Morgan fingerprint density at radius 2 is 2.00 bits per heavy atom. The number of nitrogens with zero attached hydrogens (tertiary/aromatic N) is 3. The minimum absolute atomic E-state index is 0.0585. The second-order valence-corrected chi connectivity index (χ2v) is 7.61. The molecule has 2 fully saturated rings. The van der Waals surface area contributed by atoms with E-state index in [1.165, 1.54) is 4.90 Å². The van der Waals surface area contributed by atoms with Gasteiger partial charge in [0.25, 0.3) is 0 Å². The van der Waals surface area contributed by atoms with Gasteiger partial charge in [0.2, 0.25) is 5.91 Å². The second kappa shape index (κ2) is 9.47. The van der Waals surface area contributed by atoms with Gasteiger partial charge >= 0.3 is 6.18 Å². The molecule has 1 aromatic carbocycles. The Balaban J connectivity index is 1.53. The van der Waals surface area contributed by atoms with Crippen LogP contribution in [0, 0.1) is 5.92 Å². The fraction of sp³-hybridized carbons (Fsp3) is 0.600. The third-order valence-corrected chi connectivity index (χ3v) is 5.16. The van der Waals surface area contributed by atoms with Crippen molar-refractivity contribution in [1.29, 1.82) is 0 Å². The average Bonchev–Trinajstić information content (AvgIpc) is 3.25. The Morgan fingerprint density at radius 1 is 1.24 bits per heavy atom. The first-order valence-electron chi connectivity index (χ1n) is 10.0. The summed E-state index contributed by atoms with van der Waals surface area (Å²) in [6.45, 7) is 3.64. The van der Waals surface area contributed by atoms with Crippen molar-refractivity contribution in [3.8, 4) is 0 Å². The van der Waals surface area contributed by atoms with Crippen LogP contribution in [0.5, 0.6) is 0 Å². The van der Waals surface area contributed by atoms with E-state index < -0.39 is 12.7 Å². The average molecular weight is 411 g/mol. The van der Waals surface area contributed by atoms with Crippen molar-refractivity contribution in [1.82, 2.24) is 15.5 Å². The lowest BCUT2D eigenvalue weighted by Gasteiger charge is -2.19. The van der Waals surface area contributed by atoms with Crippen molar-refractivity contribution in [3.05, 3.63) is 30.3 Å². The molecule has 0 bridgehead atoms. The third-order valence-electron chi connectivity index (χ3n) is 5.16. The van der Waals surface area contributed by atoms with Crippen LogP contribution in [0.15, 0.2) is 35.3 Å². The second-order valence-electron chi connectivity index (χ2n) is 7.61. The quantitative estimate of drug-likeness (QED) is 0.557. The zero-order valence-electron chi connectivity index (χ0n) is 16.6. The lowest BCUT2D eigenvalue weighted by Crippen LogP contribution is -2.45. The molecule has 29 heavy (non-hydrogen) atoms. The largest absolute Gasteiger partial charge is 0.401 e. The number of nitrogens with one attached hydrogen (secondary N) is 2. The van der Waals surface area contributed by atoms with E-state index in [1.54, 1.807) is 4.90 Å². The fourth-order valence-electron chi connectivity index (χ4n) is 3.85. The summed E-state index contributed by atoms with van der Waals surface area (Å²) in [7, 11) is 0. The number of aliphatic imine (C=N–C) groups is 1. The Bertz CT molecular complexity index is 710. The van der Waals surface area contributed by atoms with Gasteiger partial charge in [-0.3, -0.25) is 14.7 Å². The SMILES string of the molecule is CCNC(=NCC1CCN(CC(F)(F)F)C1)NC1CC(=O)N(c2ccccc2)C1. The number of amides is 1. The van der Waals surface area contributed by atoms with Crippen molar-refractivity contribution >= 4 is 17.6 Å². The van der Waals surface area contributed by atoms with Crippen molar-refractivity contribution in [2.24, 2.45) is 10.9 Å². The van der Waals surface area contributed by atoms with Gasteiger partial charge in [0.1, 0.15) is 0 Å². The molecule has 6 nitrogen and oxygen atoms in total. The van der Waals surface area contributed by atoms with E-state index in [0.717, 1.165) is 5.69 Å². The number of carbonyl (C=O) groups excluding carboxylic acids is 1. The van der Waals surface area contributed by atoms with Gasteiger partial charge in [-0.15, -0.1) is 0 Å². The molecule has 0 saturated carbocycles. The summed E-state index contributed by atoms with van der Waals surface area (Å²) in [5.41, 5.74) is 0.874. The number of halogens is 3. The predicted molar refractivity (Wildman–Crippen MR) is 107 cm³/mol. The molecule has 0 spiro atoms. The van der Waals surface area contributed by atoms with E-state index in [9.17, 15) is 18.0 Å². The smallest absolute Gasteiger partial charge is 0.357 e. The maximum absolute atomic E-state index is 12.5. The highest BCUT2D eigenvalue weighted by Crippen LogP contribution is 2.23. The van der Waals surface area contributed by atoms with Gasteiger partial charge in [0, 0.05) is 38.3 Å². The molecule has 3 rings (SSSR count). The van der Waals surface area contributed by atoms with Crippen LogP contribution in [-0.4, -0.2) is 68.3 Å². The number of carbonyl (C=O) groups is 1. The highest BCUT2D eigenvalue weighted by atomic mass is 19.4. The van der Waals surface area contributed by atoms with E-state index in [-0.39, 0.29) is 17.9 Å². The molecule has 2 aliphatic rings. The van der Waals surface area contributed by atoms with Crippen LogP contribution in [0.3, 0.4) is 0 Å². The Labute approximate surface area is 169 Å². The van der Waals surface area contributed by atoms with E-state index in [0.29, 0.717) is 51.5 Å². The zero-order valence-corrected chi connectivity index (χ0v) is 16.6. The number of likely N-dealkylation sites (tertiary alicyclic amines) is 1. The van der Waals surface area contributed by atoms with Gasteiger partial charge in [-0.25, -0.2) is 0 Å².